The maximum absolute atomic E-state index is 14.8. The molecule has 3 nitrogen and oxygen atoms in total. The second kappa shape index (κ2) is 10.8. The number of halogens is 1. The molecule has 0 N–H and O–H groups in total. The minimum Gasteiger partial charge on any atom is -0.469 e. The van der Waals surface area contributed by atoms with Gasteiger partial charge in [-0.1, -0.05) is 66.4 Å². The summed E-state index contributed by atoms with van der Waals surface area (Å²) in [4.78, 5) is 15.1. The Morgan fingerprint density at radius 1 is 0.912 bits per heavy atom. The van der Waals surface area contributed by atoms with E-state index in [0.717, 1.165) is 14.7 Å². The maximum atomic E-state index is 14.8. The molecule has 4 aromatic rings. The van der Waals surface area contributed by atoms with Crippen LogP contribution < -0.4 is 0 Å². The predicted octanol–water partition coefficient (Wildman–Crippen LogP) is 7.09. The van der Waals surface area contributed by atoms with Crippen molar-refractivity contribution in [2.75, 3.05) is 7.11 Å². The van der Waals surface area contributed by atoms with Crippen LogP contribution in [0.25, 0.3) is 11.1 Å². The number of hydrogen-bond acceptors (Lipinski definition) is 4. The molecular weight excluding hydrogens is 467 g/mol. The number of hydrogen-bond donors (Lipinski definition) is 0. The average Bonchev–Trinajstić information content (AvgIpc) is 2.88. The fourth-order valence-corrected chi connectivity index (χ4v) is 5.84. The van der Waals surface area contributed by atoms with Crippen LogP contribution in [0.3, 0.4) is 0 Å². The molecule has 0 amide bonds. The van der Waals surface area contributed by atoms with Gasteiger partial charge in [-0.25, -0.2) is 8.60 Å². The van der Waals surface area contributed by atoms with Crippen molar-refractivity contribution >= 4 is 28.5 Å². The molecule has 0 fully saturated rings. The average molecular weight is 491 g/mol. The zero-order chi connectivity index (χ0) is 24.1. The largest absolute Gasteiger partial charge is 0.469 e. The van der Waals surface area contributed by atoms with Crippen molar-refractivity contribution in [2.45, 2.75) is 32.4 Å². The van der Waals surface area contributed by atoms with Gasteiger partial charge in [-0.2, -0.15) is 0 Å². The lowest BCUT2D eigenvalue weighted by molar-refractivity contribution is -0.141. The Balaban J connectivity index is 1.57. The smallest absolute Gasteiger partial charge is 0.312 e. The van der Waals surface area contributed by atoms with E-state index in [4.69, 9.17) is 4.74 Å². The maximum Gasteiger partial charge on any atom is 0.312 e. The van der Waals surface area contributed by atoms with Gasteiger partial charge in [0, 0.05) is 20.2 Å². The molecule has 4 aromatic carbocycles. The summed E-state index contributed by atoms with van der Waals surface area (Å²) < 4.78 is 32.9. The highest BCUT2D eigenvalue weighted by molar-refractivity contribution is 8.00. The van der Waals surface area contributed by atoms with E-state index in [1.165, 1.54) is 13.2 Å². The minimum absolute atomic E-state index is 0.412. The van der Waals surface area contributed by atoms with Crippen molar-refractivity contribution in [3.63, 3.8) is 0 Å². The van der Waals surface area contributed by atoms with Gasteiger partial charge in [0.1, 0.15) is 5.82 Å². The Morgan fingerprint density at radius 2 is 1.59 bits per heavy atom. The van der Waals surface area contributed by atoms with Crippen LogP contribution in [0.15, 0.2) is 117 Å². The van der Waals surface area contributed by atoms with Gasteiger partial charge in [-0.05, 0) is 60.5 Å². The van der Waals surface area contributed by atoms with Gasteiger partial charge >= 0.3 is 5.97 Å². The Labute approximate surface area is 205 Å². The lowest BCUT2D eigenvalue weighted by Gasteiger charge is -2.12. The normalized spacial score (nSPS) is 12.7. The monoisotopic (exact) mass is 490 g/mol. The van der Waals surface area contributed by atoms with Crippen molar-refractivity contribution in [3.8, 4) is 11.1 Å². The molecule has 0 bridgehead atoms. The van der Waals surface area contributed by atoms with E-state index in [1.807, 2.05) is 54.6 Å². The number of carbonyl (C=O) groups excluding carboxylic acids is 1. The van der Waals surface area contributed by atoms with Crippen molar-refractivity contribution in [2.24, 2.45) is 0 Å². The van der Waals surface area contributed by atoms with Crippen LogP contribution in [0.1, 0.15) is 18.4 Å². The Bertz CT molecular complexity index is 1320. The number of ether oxygens (including phenoxy) is 1. The van der Waals surface area contributed by atoms with Crippen LogP contribution in [0, 0.1) is 5.82 Å². The summed E-state index contributed by atoms with van der Waals surface area (Å²) >= 11 is 1.57. The van der Waals surface area contributed by atoms with Gasteiger partial charge in [0.25, 0.3) is 0 Å². The van der Waals surface area contributed by atoms with Crippen molar-refractivity contribution < 1.29 is 18.1 Å². The van der Waals surface area contributed by atoms with Gasteiger partial charge in [-0.15, -0.1) is 0 Å². The first kappa shape index (κ1) is 23.9. The fourth-order valence-electron chi connectivity index (χ4n) is 3.54. The summed E-state index contributed by atoms with van der Waals surface area (Å²) in [6.07, 6.45) is 0. The molecule has 0 spiro atoms. The van der Waals surface area contributed by atoms with Crippen molar-refractivity contribution in [1.29, 1.82) is 0 Å². The van der Waals surface area contributed by atoms with Crippen LogP contribution in [-0.4, -0.2) is 17.3 Å². The molecule has 2 unspecified atom stereocenters. The third kappa shape index (κ3) is 5.29. The molecule has 0 aliphatic rings. The van der Waals surface area contributed by atoms with E-state index in [2.05, 4.69) is 0 Å². The zero-order valence-electron chi connectivity index (χ0n) is 18.7. The lowest BCUT2D eigenvalue weighted by Crippen LogP contribution is -2.11. The van der Waals surface area contributed by atoms with Crippen LogP contribution in [-0.2, 0) is 20.3 Å². The molecule has 6 heteroatoms. The van der Waals surface area contributed by atoms with E-state index in [1.54, 1.807) is 55.1 Å². The van der Waals surface area contributed by atoms with Gasteiger partial charge < -0.3 is 4.74 Å². The Kier molecular flexibility index (Phi) is 7.60. The fraction of sp³-hybridized carbons (Fsp3) is 0.107. The highest BCUT2D eigenvalue weighted by Crippen LogP contribution is 2.34. The number of carbonyl (C=O) groups is 1. The van der Waals surface area contributed by atoms with E-state index in [0.29, 0.717) is 21.6 Å². The highest BCUT2D eigenvalue weighted by atomic mass is 32.2. The van der Waals surface area contributed by atoms with E-state index >= 15 is 0 Å². The van der Waals surface area contributed by atoms with E-state index < -0.39 is 28.5 Å². The predicted molar refractivity (Wildman–Crippen MR) is 134 cm³/mol. The molecule has 34 heavy (non-hydrogen) atoms. The summed E-state index contributed by atoms with van der Waals surface area (Å²) in [5.41, 5.74) is 1.64. The van der Waals surface area contributed by atoms with Gasteiger partial charge in [0.05, 0.1) is 28.7 Å². The summed E-state index contributed by atoms with van der Waals surface area (Å²) in [6, 6.07) is 29.4. The number of methoxy groups -OCH3 is 1. The quantitative estimate of drug-likeness (QED) is 0.260. The number of esters is 1. The second-order valence-corrected chi connectivity index (χ2v) is 10.2. The van der Waals surface area contributed by atoms with Crippen molar-refractivity contribution in [1.82, 2.24) is 0 Å². The Morgan fingerprint density at radius 3 is 2.26 bits per heavy atom. The third-order valence-electron chi connectivity index (χ3n) is 5.45. The standard InChI is InChI=1S/C28H23FO3S2/c1-19(28(30)32-2)21-14-17-24(25(29)18-21)20-12-15-23(16-13-20)34(31)27-11-7-6-10-26(27)33-22-8-4-3-5-9-22/h3-19H,1-2H3. The molecule has 0 saturated heterocycles. The first-order valence-electron chi connectivity index (χ1n) is 10.7. The molecule has 0 radical (unpaired) electrons. The highest BCUT2D eigenvalue weighted by Gasteiger charge is 2.18. The van der Waals surface area contributed by atoms with Gasteiger partial charge in [0.2, 0.25) is 0 Å². The molecule has 0 aliphatic heterocycles. The summed E-state index contributed by atoms with van der Waals surface area (Å²) in [7, 11) is -0.0709. The van der Waals surface area contributed by atoms with Crippen LogP contribution >= 0.6 is 11.8 Å². The number of benzene rings is 4. The van der Waals surface area contributed by atoms with Crippen LogP contribution in [0.4, 0.5) is 4.39 Å². The zero-order valence-corrected chi connectivity index (χ0v) is 20.4. The molecule has 0 saturated carbocycles. The van der Waals surface area contributed by atoms with E-state index in [-0.39, 0.29) is 0 Å². The third-order valence-corrected chi connectivity index (χ3v) is 8.12. The lowest BCUT2D eigenvalue weighted by atomic mass is 9.97. The van der Waals surface area contributed by atoms with E-state index in [9.17, 15) is 13.4 Å². The molecule has 172 valence electrons. The van der Waals surface area contributed by atoms with Gasteiger partial charge in [-0.3, -0.25) is 4.79 Å². The molecule has 2 atom stereocenters. The molecule has 4 rings (SSSR count). The second-order valence-electron chi connectivity index (χ2n) is 7.64. The molecule has 0 aromatic heterocycles. The van der Waals surface area contributed by atoms with Crippen molar-refractivity contribution in [3.05, 3.63) is 108 Å². The summed E-state index contributed by atoms with van der Waals surface area (Å²) in [5.74, 6) is -1.39. The first-order chi connectivity index (χ1) is 16.5. The summed E-state index contributed by atoms with van der Waals surface area (Å²) in [6.45, 7) is 1.68. The first-order valence-corrected chi connectivity index (χ1v) is 12.7. The SMILES string of the molecule is COC(=O)C(C)c1ccc(-c2ccc(S(=O)c3ccccc3Sc3ccccc3)cc2)c(F)c1. The molecule has 0 aliphatic carbocycles. The molecular formula is C28H23FO3S2. The van der Waals surface area contributed by atoms with Crippen LogP contribution in [0.5, 0.6) is 0 Å². The number of rotatable bonds is 7. The summed E-state index contributed by atoms with van der Waals surface area (Å²) in [5, 5.41) is 0. The molecule has 0 heterocycles. The minimum atomic E-state index is -1.38. The topological polar surface area (TPSA) is 43.4 Å². The van der Waals surface area contributed by atoms with Crippen LogP contribution in [0.2, 0.25) is 0 Å². The Hall–Kier alpha value is -3.22. The van der Waals surface area contributed by atoms with Gasteiger partial charge in [0.15, 0.2) is 0 Å².